The van der Waals surface area contributed by atoms with E-state index in [0.29, 0.717) is 5.92 Å². The molecule has 3 aliphatic rings. The van der Waals surface area contributed by atoms with Gasteiger partial charge >= 0.3 is 120 Å². The van der Waals surface area contributed by atoms with Crippen LogP contribution >= 0.6 is 23.2 Å². The number of rotatable bonds is 2. The molecule has 0 saturated carbocycles. The number of benzene rings is 4. The first-order valence-electron chi connectivity index (χ1n) is 17.6. The van der Waals surface area contributed by atoms with Gasteiger partial charge in [0.05, 0.1) is 0 Å². The zero-order valence-electron chi connectivity index (χ0n) is 31.3. The molecule has 3 aliphatic carbocycles. The smallest absolute Gasteiger partial charge is 1.00 e. The van der Waals surface area contributed by atoms with Crippen molar-refractivity contribution in [2.45, 2.75) is 79.1 Å². The molecule has 5 aromatic rings. The minimum Gasteiger partial charge on any atom is -1.00 e. The SMILES string of the molecule is CC1=CC(C)[C-]=C1.CC1=CCC(C)(C)c2cc3[cH-]c4cc5c(cc4c3cc21)C(C)=CCC5(C)C.Clc1cccc([C](=[Zr+2])c2cccc(Cl)c2)c1.[Cl-].[Cl-]. The number of hydrogen-bond donors (Lipinski definition) is 0. The normalized spacial score (nSPS) is 17.5. The molecule has 5 aromatic carbocycles. The number of halogens is 4. The average Bonchev–Trinajstić information content (AvgIpc) is 3.64. The van der Waals surface area contributed by atoms with Crippen molar-refractivity contribution < 1.29 is 49.0 Å². The summed E-state index contributed by atoms with van der Waals surface area (Å²) in [5.41, 5.74) is 12.8. The molecular weight excluding hydrogens is 798 g/mol. The van der Waals surface area contributed by atoms with Crippen LogP contribution in [0.15, 0.2) is 109 Å². The van der Waals surface area contributed by atoms with E-state index in [-0.39, 0.29) is 35.6 Å². The number of allylic oxidation sites excluding steroid dienone is 8. The van der Waals surface area contributed by atoms with E-state index in [1.54, 1.807) is 0 Å². The first-order chi connectivity index (χ1) is 23.6. The molecule has 5 heteroatoms. The van der Waals surface area contributed by atoms with Crippen LogP contribution in [0.25, 0.3) is 32.7 Å². The van der Waals surface area contributed by atoms with E-state index in [2.05, 4.69) is 122 Å². The quantitative estimate of drug-likeness (QED) is 0.159. The Morgan fingerprint density at radius 3 is 1.50 bits per heavy atom. The van der Waals surface area contributed by atoms with Crippen LogP contribution in [0, 0.1) is 12.0 Å². The van der Waals surface area contributed by atoms with Gasteiger partial charge in [0.2, 0.25) is 0 Å². The maximum Gasteiger partial charge on any atom is -1.00 e. The van der Waals surface area contributed by atoms with Gasteiger partial charge in [-0.15, -0.1) is 46.7 Å². The van der Waals surface area contributed by atoms with Crippen LogP contribution in [0.1, 0.15) is 102 Å². The van der Waals surface area contributed by atoms with E-state index in [1.165, 1.54) is 88.0 Å². The summed E-state index contributed by atoms with van der Waals surface area (Å²) in [6.07, 6.45) is 14.5. The third-order valence-electron chi connectivity index (χ3n) is 10.4. The van der Waals surface area contributed by atoms with Crippen LogP contribution in [0.5, 0.6) is 0 Å². The molecule has 0 heterocycles. The predicted octanol–water partition coefficient (Wildman–Crippen LogP) is 7.94. The fourth-order valence-corrected chi connectivity index (χ4v) is 8.49. The Bertz CT molecular complexity index is 2120. The first-order valence-corrected chi connectivity index (χ1v) is 19.6. The Labute approximate surface area is 348 Å². The zero-order valence-corrected chi connectivity index (χ0v) is 36.8. The summed E-state index contributed by atoms with van der Waals surface area (Å²) in [6, 6.07) is 28.0. The standard InChI is InChI=1S/C27H29.C13H8Cl2.C7H9.2ClH.Zr/c1-16-7-9-26(3,4)24-12-18-11-19-13-25-21(17(2)8-10-27(25,5)6)15-23(19)22(18)14-20(16)24;14-12-5-1-3-10(8-12)7-11-4-2-6-13(15)9-11;1-6-3-4-7(2)5-6;;;/h7-8,11-15H,9-10H2,1-6H3;1-6,8-9H;3,5,7H,1-2H3;2*1H;/q-1;;-1;;;+2/p-2. The van der Waals surface area contributed by atoms with Crippen molar-refractivity contribution in [3.63, 3.8) is 0 Å². The third-order valence-corrected chi connectivity index (χ3v) is 12.3. The van der Waals surface area contributed by atoms with E-state index >= 15 is 0 Å². The summed E-state index contributed by atoms with van der Waals surface area (Å²) >= 11 is 13.3. The Morgan fingerprint density at radius 1 is 0.712 bits per heavy atom. The Balaban J connectivity index is 0.000000205. The average molecular weight is 844 g/mol. The molecule has 0 fully saturated rings. The molecule has 1 atom stereocenters. The topological polar surface area (TPSA) is 0 Å². The Kier molecular flexibility index (Phi) is 13.8. The molecule has 0 bridgehead atoms. The fraction of sp³-hybridized carbons (Fsp3) is 0.277. The zero-order chi connectivity index (χ0) is 36.0. The summed E-state index contributed by atoms with van der Waals surface area (Å²) in [6.45, 7) is 18.3. The molecule has 0 saturated heterocycles. The van der Waals surface area contributed by atoms with E-state index in [0.717, 1.165) is 34.0 Å². The van der Waals surface area contributed by atoms with Crippen LogP contribution in [-0.2, 0) is 35.1 Å². The second kappa shape index (κ2) is 17.0. The van der Waals surface area contributed by atoms with Crippen molar-refractivity contribution >= 4 is 59.1 Å². The van der Waals surface area contributed by atoms with Crippen LogP contribution < -0.4 is 24.8 Å². The van der Waals surface area contributed by atoms with Gasteiger partial charge in [-0.3, -0.25) is 6.08 Å². The number of fused-ring (bicyclic) bond motifs is 5. The van der Waals surface area contributed by atoms with Crippen molar-refractivity contribution in [1.29, 1.82) is 0 Å². The van der Waals surface area contributed by atoms with Crippen LogP contribution in [0.3, 0.4) is 0 Å². The van der Waals surface area contributed by atoms with Crippen LogP contribution in [0.2, 0.25) is 10.0 Å². The molecule has 0 radical (unpaired) electrons. The van der Waals surface area contributed by atoms with Gasteiger partial charge in [-0.2, -0.15) is 6.08 Å². The molecule has 268 valence electrons. The van der Waals surface area contributed by atoms with Gasteiger partial charge in [0.1, 0.15) is 0 Å². The molecule has 0 N–H and O–H groups in total. The van der Waals surface area contributed by atoms with Crippen LogP contribution in [-0.4, -0.2) is 3.21 Å². The number of hydrogen-bond acceptors (Lipinski definition) is 0. The van der Waals surface area contributed by atoms with Gasteiger partial charge in [-0.25, -0.2) is 11.6 Å². The fourth-order valence-electron chi connectivity index (χ4n) is 7.34. The maximum absolute atomic E-state index is 5.98. The maximum atomic E-state index is 5.98. The minimum absolute atomic E-state index is 0. The Hall–Kier alpha value is -2.38. The molecule has 0 aromatic heterocycles. The second-order valence-electron chi connectivity index (χ2n) is 15.5. The Morgan fingerprint density at radius 2 is 1.15 bits per heavy atom. The largest absolute Gasteiger partial charge is 1.00 e. The van der Waals surface area contributed by atoms with E-state index in [1.807, 2.05) is 42.5 Å². The van der Waals surface area contributed by atoms with E-state index < -0.39 is 0 Å². The summed E-state index contributed by atoms with van der Waals surface area (Å²) in [4.78, 5) is 0. The minimum atomic E-state index is 0. The molecule has 52 heavy (non-hydrogen) atoms. The van der Waals surface area contributed by atoms with Crippen molar-refractivity contribution in [1.82, 2.24) is 0 Å². The van der Waals surface area contributed by atoms with Gasteiger partial charge in [-0.05, 0) is 59.8 Å². The van der Waals surface area contributed by atoms with E-state index in [4.69, 9.17) is 23.2 Å². The molecule has 0 amide bonds. The second-order valence-corrected chi connectivity index (χ2v) is 17.6. The van der Waals surface area contributed by atoms with Gasteiger partial charge in [-0.1, -0.05) is 75.9 Å². The molecule has 0 spiro atoms. The predicted molar refractivity (Wildman–Crippen MR) is 216 cm³/mol. The summed E-state index contributed by atoms with van der Waals surface area (Å²) in [5, 5.41) is 7.14. The molecule has 8 rings (SSSR count). The summed E-state index contributed by atoms with van der Waals surface area (Å²) < 4.78 is 1.26. The third kappa shape index (κ3) is 9.11. The van der Waals surface area contributed by atoms with E-state index in [9.17, 15) is 0 Å². The molecule has 0 nitrogen and oxygen atoms in total. The summed E-state index contributed by atoms with van der Waals surface area (Å²) in [7, 11) is 0. The van der Waals surface area contributed by atoms with Gasteiger partial charge < -0.3 is 24.8 Å². The van der Waals surface area contributed by atoms with Gasteiger partial charge in [0.25, 0.3) is 0 Å². The first kappa shape index (κ1) is 42.4. The van der Waals surface area contributed by atoms with Crippen molar-refractivity contribution in [2.24, 2.45) is 5.92 Å². The van der Waals surface area contributed by atoms with Crippen molar-refractivity contribution in [3.05, 3.63) is 158 Å². The molecular formula is C47H46Cl4Zr-2. The van der Waals surface area contributed by atoms with Gasteiger partial charge in [0.15, 0.2) is 0 Å². The van der Waals surface area contributed by atoms with Crippen molar-refractivity contribution in [2.75, 3.05) is 0 Å². The van der Waals surface area contributed by atoms with Gasteiger partial charge in [0, 0.05) is 0 Å². The summed E-state index contributed by atoms with van der Waals surface area (Å²) in [5.74, 6) is 0.556. The monoisotopic (exact) mass is 840 g/mol. The van der Waals surface area contributed by atoms with Crippen LogP contribution in [0.4, 0.5) is 0 Å². The molecule has 1 unspecified atom stereocenters. The molecule has 0 aliphatic heterocycles. The van der Waals surface area contributed by atoms with Crippen molar-refractivity contribution in [3.8, 4) is 0 Å².